The van der Waals surface area contributed by atoms with Crippen LogP contribution in [0.25, 0.3) is 0 Å². The van der Waals surface area contributed by atoms with Gasteiger partial charge in [0.25, 0.3) is 0 Å². The number of carbonyl (C=O) groups is 3. The molecule has 3 aliphatic heterocycles. The van der Waals surface area contributed by atoms with Crippen LogP contribution in [-0.2, 0) is 20.9 Å². The van der Waals surface area contributed by atoms with Gasteiger partial charge in [0.2, 0.25) is 17.7 Å². The normalized spacial score (nSPS) is 30.3. The zero-order valence-electron chi connectivity index (χ0n) is 26.8. The van der Waals surface area contributed by atoms with Crippen molar-refractivity contribution in [2.45, 2.75) is 106 Å². The van der Waals surface area contributed by atoms with Gasteiger partial charge in [0.05, 0.1) is 29.2 Å². The van der Waals surface area contributed by atoms with E-state index in [0.717, 1.165) is 37.7 Å². The molecular weight excluding hydrogens is 570 g/mol. The van der Waals surface area contributed by atoms with E-state index in [-0.39, 0.29) is 36.3 Å². The molecule has 4 fully saturated rings. The first kappa shape index (κ1) is 32.8. The predicted molar refractivity (Wildman–Crippen MR) is 177 cm³/mol. The van der Waals surface area contributed by atoms with Crippen LogP contribution in [0.2, 0.25) is 0 Å². The quantitative estimate of drug-likeness (QED) is 0.297. The minimum Gasteiger partial charge on any atom is -0.394 e. The summed E-state index contributed by atoms with van der Waals surface area (Å²) < 4.78 is -1.17. The Morgan fingerprint density at radius 1 is 1.07 bits per heavy atom. The van der Waals surface area contributed by atoms with Gasteiger partial charge in [-0.05, 0) is 50.5 Å². The van der Waals surface area contributed by atoms with Gasteiger partial charge in [0.1, 0.15) is 6.04 Å². The number of hydrogen-bond donors (Lipinski definition) is 1. The molecule has 0 aromatic heterocycles. The van der Waals surface area contributed by atoms with Gasteiger partial charge in [-0.3, -0.25) is 14.4 Å². The highest BCUT2D eigenvalue weighted by molar-refractivity contribution is 8.02. The summed E-state index contributed by atoms with van der Waals surface area (Å²) in [5.41, 5.74) is 1.02. The van der Waals surface area contributed by atoms with Crippen LogP contribution < -0.4 is 0 Å². The molecule has 8 heteroatoms. The molecule has 1 spiro atoms. The average molecular weight is 622 g/mol. The lowest BCUT2D eigenvalue weighted by atomic mass is 9.66. The van der Waals surface area contributed by atoms with Crippen LogP contribution in [-0.4, -0.2) is 84.8 Å². The Morgan fingerprint density at radius 3 is 2.36 bits per heavy atom. The van der Waals surface area contributed by atoms with Gasteiger partial charge in [0.15, 0.2) is 0 Å². The highest BCUT2D eigenvalue weighted by Crippen LogP contribution is 2.72. The Balaban J connectivity index is 1.57. The molecule has 240 valence electrons. The molecule has 3 saturated heterocycles. The largest absolute Gasteiger partial charge is 0.394 e. The van der Waals surface area contributed by atoms with E-state index in [9.17, 15) is 19.5 Å². The van der Waals surface area contributed by atoms with Crippen LogP contribution in [0.4, 0.5) is 0 Å². The van der Waals surface area contributed by atoms with E-state index in [1.165, 1.54) is 6.42 Å². The summed E-state index contributed by atoms with van der Waals surface area (Å²) in [7, 11) is 0. The summed E-state index contributed by atoms with van der Waals surface area (Å²) in [6, 6.07) is 8.83. The number of rotatable bonds is 13. The van der Waals surface area contributed by atoms with Crippen LogP contribution in [0.15, 0.2) is 55.6 Å². The zero-order valence-corrected chi connectivity index (χ0v) is 27.6. The molecule has 1 aliphatic carbocycles. The fourth-order valence-electron chi connectivity index (χ4n) is 8.73. The molecule has 3 amide bonds. The maximum atomic E-state index is 15.0. The first-order chi connectivity index (χ1) is 21.1. The molecule has 1 aromatic carbocycles. The molecule has 0 radical (unpaired) electrons. The van der Waals surface area contributed by atoms with Gasteiger partial charge in [-0.2, -0.15) is 0 Å². The number of benzene rings is 1. The Hall–Kier alpha value is -2.58. The third-order valence-electron chi connectivity index (χ3n) is 10.6. The summed E-state index contributed by atoms with van der Waals surface area (Å²) >= 11 is 1.71. The van der Waals surface area contributed by atoms with Gasteiger partial charge in [0, 0.05) is 30.4 Å². The molecule has 2 bridgehead atoms. The number of nitrogens with zero attached hydrogens (tertiary/aromatic N) is 3. The molecule has 6 atom stereocenters. The van der Waals surface area contributed by atoms with Crippen LogP contribution >= 0.6 is 11.8 Å². The first-order valence-corrected chi connectivity index (χ1v) is 17.4. The first-order valence-electron chi connectivity index (χ1n) is 16.6. The van der Waals surface area contributed by atoms with E-state index >= 15 is 0 Å². The summed E-state index contributed by atoms with van der Waals surface area (Å²) in [5.74, 6) is -1.17. The number of thioether (sulfide) groups is 1. The van der Waals surface area contributed by atoms with E-state index in [0.29, 0.717) is 32.5 Å². The van der Waals surface area contributed by atoms with E-state index in [1.807, 2.05) is 40.1 Å². The van der Waals surface area contributed by atoms with Crippen molar-refractivity contribution >= 4 is 29.5 Å². The number of aliphatic hydroxyl groups excluding tert-OH is 1. The van der Waals surface area contributed by atoms with Crippen molar-refractivity contribution in [2.24, 2.45) is 17.8 Å². The molecule has 1 aromatic rings. The molecule has 3 heterocycles. The number of aliphatic hydroxyl groups is 1. The lowest BCUT2D eigenvalue weighted by molar-refractivity contribution is -0.149. The Morgan fingerprint density at radius 2 is 1.75 bits per heavy atom. The second-order valence-electron chi connectivity index (χ2n) is 14.0. The van der Waals surface area contributed by atoms with Crippen LogP contribution in [0, 0.1) is 17.8 Å². The van der Waals surface area contributed by atoms with Crippen LogP contribution in [0.1, 0.15) is 77.7 Å². The second-order valence-corrected chi connectivity index (χ2v) is 15.9. The van der Waals surface area contributed by atoms with Crippen molar-refractivity contribution in [1.29, 1.82) is 0 Å². The SMILES string of the molecule is C=CCN(Cc1ccccc1)C(=O)[C@@H]1[C@H]2C(=O)N([C@@H](CO)CC(C)C)C(C(=O)N(CC=C)C3CCCCC3)C23CC[C@@]1(C)S3. The highest BCUT2D eigenvalue weighted by Gasteiger charge is 2.78. The van der Waals surface area contributed by atoms with Crippen molar-refractivity contribution < 1.29 is 19.5 Å². The fourth-order valence-corrected chi connectivity index (χ4v) is 11.1. The van der Waals surface area contributed by atoms with E-state index in [4.69, 9.17) is 0 Å². The zero-order chi connectivity index (χ0) is 31.6. The lowest BCUT2D eigenvalue weighted by Crippen LogP contribution is -2.59. The molecule has 1 saturated carbocycles. The molecule has 4 aliphatic rings. The van der Waals surface area contributed by atoms with Crippen LogP contribution in [0.3, 0.4) is 0 Å². The number of hydrogen-bond acceptors (Lipinski definition) is 5. The third kappa shape index (κ3) is 5.77. The molecule has 2 unspecified atom stereocenters. The molecule has 1 N–H and O–H groups in total. The molecule has 44 heavy (non-hydrogen) atoms. The molecule has 5 rings (SSSR count). The van der Waals surface area contributed by atoms with Crippen molar-refractivity contribution in [2.75, 3.05) is 19.7 Å². The highest BCUT2D eigenvalue weighted by atomic mass is 32.2. The van der Waals surface area contributed by atoms with Gasteiger partial charge >= 0.3 is 0 Å². The minimum absolute atomic E-state index is 0.0352. The predicted octanol–water partition coefficient (Wildman–Crippen LogP) is 5.44. The fraction of sp³-hybridized carbons (Fsp3) is 0.639. The van der Waals surface area contributed by atoms with Gasteiger partial charge in [-0.25, -0.2) is 0 Å². The second kappa shape index (κ2) is 13.4. The molecular formula is C36H51N3O4S. The monoisotopic (exact) mass is 621 g/mol. The summed E-state index contributed by atoms with van der Waals surface area (Å²) in [6.07, 6.45) is 10.9. The Labute approximate surface area is 268 Å². The summed E-state index contributed by atoms with van der Waals surface area (Å²) in [5, 5.41) is 10.7. The topological polar surface area (TPSA) is 81.2 Å². The van der Waals surface area contributed by atoms with Gasteiger partial charge in [-0.15, -0.1) is 24.9 Å². The smallest absolute Gasteiger partial charge is 0.247 e. The summed E-state index contributed by atoms with van der Waals surface area (Å²) in [4.78, 5) is 50.0. The lowest BCUT2D eigenvalue weighted by Gasteiger charge is -2.43. The van der Waals surface area contributed by atoms with Crippen molar-refractivity contribution in [3.8, 4) is 0 Å². The number of fused-ring (bicyclic) bond motifs is 1. The Kier molecular flexibility index (Phi) is 10.0. The third-order valence-corrected chi connectivity index (χ3v) is 12.5. The number of carbonyl (C=O) groups excluding carboxylic acids is 3. The number of amides is 3. The average Bonchev–Trinajstić information content (AvgIpc) is 3.59. The van der Waals surface area contributed by atoms with Crippen molar-refractivity contribution in [1.82, 2.24) is 14.7 Å². The molecule has 7 nitrogen and oxygen atoms in total. The van der Waals surface area contributed by atoms with Gasteiger partial charge < -0.3 is 19.8 Å². The maximum Gasteiger partial charge on any atom is 0.247 e. The van der Waals surface area contributed by atoms with E-state index < -0.39 is 33.4 Å². The Bertz CT molecular complexity index is 1230. The van der Waals surface area contributed by atoms with Crippen molar-refractivity contribution in [3.63, 3.8) is 0 Å². The van der Waals surface area contributed by atoms with Crippen LogP contribution in [0.5, 0.6) is 0 Å². The summed E-state index contributed by atoms with van der Waals surface area (Å²) in [6.45, 7) is 15.2. The standard InChI is InChI=1S/C36H51N3O4S/c1-6-20-37(23-26-14-10-8-11-15-26)32(41)29-30-33(42)39(28(24-40)22-25(3)4)31(36(30)19-18-35(29,5)44-36)34(43)38(21-7-2)27-16-12-9-13-17-27/h6-8,10-11,14-15,25,27-31,40H,1-2,9,12-13,16-24H2,3-5H3/t28-,29+,30+,31?,35-,36?/m1/s1. The van der Waals surface area contributed by atoms with E-state index in [1.54, 1.807) is 28.8 Å². The van der Waals surface area contributed by atoms with E-state index in [2.05, 4.69) is 33.9 Å². The van der Waals surface area contributed by atoms with Gasteiger partial charge in [-0.1, -0.05) is 75.6 Å². The van der Waals surface area contributed by atoms with Crippen molar-refractivity contribution in [3.05, 3.63) is 61.2 Å². The maximum absolute atomic E-state index is 15.0. The number of likely N-dealkylation sites (tertiary alicyclic amines) is 1. The minimum atomic E-state index is -0.718.